The van der Waals surface area contributed by atoms with Gasteiger partial charge in [-0.15, -0.1) is 0 Å². The van der Waals surface area contributed by atoms with Gasteiger partial charge in [0, 0.05) is 5.39 Å². The van der Waals surface area contributed by atoms with Crippen LogP contribution in [-0.4, -0.2) is 43.2 Å². The third-order valence-electron chi connectivity index (χ3n) is 4.61. The van der Waals surface area contributed by atoms with Gasteiger partial charge in [-0.3, -0.25) is 0 Å². The van der Waals surface area contributed by atoms with Crippen molar-refractivity contribution < 1.29 is 9.29 Å². The monoisotopic (exact) mass is 323 g/mol. The van der Waals surface area contributed by atoms with Crippen molar-refractivity contribution in [2.75, 3.05) is 38.1 Å². The molecule has 1 fully saturated rings. The molecule has 5 heteroatoms. The summed E-state index contributed by atoms with van der Waals surface area (Å²) in [5.74, 6) is 1.07. The van der Waals surface area contributed by atoms with Crippen LogP contribution < -0.4 is 9.80 Å². The number of quaternary nitrogens is 1. The van der Waals surface area contributed by atoms with Crippen molar-refractivity contribution in [1.82, 2.24) is 9.97 Å². The lowest BCUT2D eigenvalue weighted by Crippen LogP contribution is -3.12. The summed E-state index contributed by atoms with van der Waals surface area (Å²) < 4.78 is 14.2. The lowest BCUT2D eigenvalue weighted by Gasteiger charge is -2.31. The van der Waals surface area contributed by atoms with Crippen molar-refractivity contribution >= 4 is 16.7 Å². The Balaban J connectivity index is 1.87. The van der Waals surface area contributed by atoms with Crippen molar-refractivity contribution in [3.63, 3.8) is 0 Å². The number of para-hydroxylation sites is 1. The molecule has 0 saturated carbocycles. The Morgan fingerprint density at radius 3 is 2.46 bits per heavy atom. The molecule has 2 heterocycles. The van der Waals surface area contributed by atoms with Gasteiger partial charge in [0.15, 0.2) is 5.82 Å². The van der Waals surface area contributed by atoms with Gasteiger partial charge in [0.05, 0.1) is 44.3 Å². The summed E-state index contributed by atoms with van der Waals surface area (Å²) in [7, 11) is 2.21. The second-order valence-corrected chi connectivity index (χ2v) is 6.31. The highest BCUT2D eigenvalue weighted by Crippen LogP contribution is 2.28. The molecule has 1 aliphatic rings. The third-order valence-corrected chi connectivity index (χ3v) is 4.61. The van der Waals surface area contributed by atoms with Crippen molar-refractivity contribution in [2.24, 2.45) is 0 Å². The molecule has 0 bridgehead atoms. The number of benzene rings is 2. The van der Waals surface area contributed by atoms with Gasteiger partial charge in [0.1, 0.15) is 11.6 Å². The molecule has 2 aromatic carbocycles. The lowest BCUT2D eigenvalue weighted by atomic mass is 10.1. The van der Waals surface area contributed by atoms with Gasteiger partial charge in [0.2, 0.25) is 0 Å². The Bertz CT molecular complexity index is 872. The minimum Gasteiger partial charge on any atom is -0.345 e. The molecule has 122 valence electrons. The molecular formula is C19H20FN4+. The number of fused-ring (bicyclic) bond motifs is 1. The van der Waals surface area contributed by atoms with E-state index in [0.29, 0.717) is 11.4 Å². The van der Waals surface area contributed by atoms with Gasteiger partial charge in [-0.25, -0.2) is 14.4 Å². The predicted octanol–water partition coefficient (Wildman–Crippen LogP) is 1.77. The van der Waals surface area contributed by atoms with E-state index in [4.69, 9.17) is 4.98 Å². The molecule has 24 heavy (non-hydrogen) atoms. The van der Waals surface area contributed by atoms with Crippen LogP contribution in [0.4, 0.5) is 10.2 Å². The Morgan fingerprint density at radius 1 is 0.958 bits per heavy atom. The van der Waals surface area contributed by atoms with Crippen molar-refractivity contribution in [2.45, 2.75) is 0 Å². The zero-order valence-corrected chi connectivity index (χ0v) is 13.7. The van der Waals surface area contributed by atoms with Crippen LogP contribution in [0.5, 0.6) is 0 Å². The highest BCUT2D eigenvalue weighted by molar-refractivity contribution is 5.91. The Hall–Kier alpha value is -2.53. The molecule has 0 aliphatic carbocycles. The molecule has 0 spiro atoms. The van der Waals surface area contributed by atoms with E-state index in [1.54, 1.807) is 12.1 Å². The van der Waals surface area contributed by atoms with Crippen molar-refractivity contribution in [3.8, 4) is 11.4 Å². The first-order valence-corrected chi connectivity index (χ1v) is 8.30. The number of anilines is 1. The van der Waals surface area contributed by atoms with Crippen LogP contribution in [0.1, 0.15) is 0 Å². The van der Waals surface area contributed by atoms with Crippen molar-refractivity contribution in [3.05, 3.63) is 54.3 Å². The molecular weight excluding hydrogens is 303 g/mol. The highest BCUT2D eigenvalue weighted by atomic mass is 19.1. The van der Waals surface area contributed by atoms with E-state index < -0.39 is 0 Å². The van der Waals surface area contributed by atoms with Crippen LogP contribution in [-0.2, 0) is 0 Å². The number of nitrogens with one attached hydrogen (secondary N) is 1. The second kappa shape index (κ2) is 6.17. The number of piperazine rings is 1. The molecule has 1 aliphatic heterocycles. The first kappa shape index (κ1) is 15.0. The Kier molecular flexibility index (Phi) is 3.86. The minimum atomic E-state index is -0.290. The number of hydrogen-bond acceptors (Lipinski definition) is 3. The lowest BCUT2D eigenvalue weighted by molar-refractivity contribution is -0.880. The standard InChI is InChI=1S/C19H19FN4/c1-23-10-12-24(13-11-23)19-15-7-3-5-9-17(15)21-18(22-19)14-6-2-4-8-16(14)20/h2-9H,10-13H2,1H3/p+1. The van der Waals surface area contributed by atoms with Crippen LogP contribution in [0.25, 0.3) is 22.3 Å². The zero-order chi connectivity index (χ0) is 16.5. The number of aromatic nitrogens is 2. The maximum atomic E-state index is 14.2. The van der Waals surface area contributed by atoms with E-state index in [-0.39, 0.29) is 5.82 Å². The van der Waals surface area contributed by atoms with Gasteiger partial charge in [0.25, 0.3) is 0 Å². The molecule has 0 amide bonds. The summed E-state index contributed by atoms with van der Waals surface area (Å²) >= 11 is 0. The van der Waals surface area contributed by atoms with E-state index in [1.807, 2.05) is 30.3 Å². The molecule has 1 N–H and O–H groups in total. The second-order valence-electron chi connectivity index (χ2n) is 6.31. The van der Waals surface area contributed by atoms with Gasteiger partial charge < -0.3 is 9.80 Å². The first-order chi connectivity index (χ1) is 11.7. The van der Waals surface area contributed by atoms with Gasteiger partial charge in [-0.1, -0.05) is 24.3 Å². The first-order valence-electron chi connectivity index (χ1n) is 8.30. The fraction of sp³-hybridized carbons (Fsp3) is 0.263. The fourth-order valence-electron chi connectivity index (χ4n) is 3.16. The summed E-state index contributed by atoms with van der Waals surface area (Å²) in [5.41, 5.74) is 1.30. The molecule has 1 saturated heterocycles. The largest absolute Gasteiger partial charge is 0.345 e. The summed E-state index contributed by atoms with van der Waals surface area (Å²) in [6.45, 7) is 4.05. The zero-order valence-electron chi connectivity index (χ0n) is 13.7. The normalized spacial score (nSPS) is 15.8. The minimum absolute atomic E-state index is 0.290. The quantitative estimate of drug-likeness (QED) is 0.780. The average molecular weight is 323 g/mol. The van der Waals surface area contributed by atoms with Crippen LogP contribution in [0.3, 0.4) is 0 Å². The van der Waals surface area contributed by atoms with E-state index in [9.17, 15) is 4.39 Å². The number of halogens is 1. The van der Waals surface area contributed by atoms with E-state index in [0.717, 1.165) is 42.9 Å². The fourth-order valence-corrected chi connectivity index (χ4v) is 3.16. The topological polar surface area (TPSA) is 33.5 Å². The third kappa shape index (κ3) is 2.71. The van der Waals surface area contributed by atoms with Crippen LogP contribution >= 0.6 is 0 Å². The number of likely N-dealkylation sites (N-methyl/N-ethyl adjacent to an activating group) is 1. The van der Waals surface area contributed by atoms with E-state index >= 15 is 0 Å². The van der Waals surface area contributed by atoms with E-state index in [1.165, 1.54) is 11.0 Å². The Morgan fingerprint density at radius 2 is 1.67 bits per heavy atom. The molecule has 0 radical (unpaired) electrons. The number of nitrogens with zero attached hydrogens (tertiary/aromatic N) is 3. The summed E-state index contributed by atoms with van der Waals surface area (Å²) in [6, 6.07) is 14.6. The maximum Gasteiger partial charge on any atom is 0.165 e. The Labute approximate surface area is 140 Å². The number of hydrogen-bond donors (Lipinski definition) is 1. The molecule has 4 rings (SSSR count). The van der Waals surface area contributed by atoms with E-state index in [2.05, 4.69) is 16.9 Å². The van der Waals surface area contributed by atoms with Crippen molar-refractivity contribution in [1.29, 1.82) is 0 Å². The van der Waals surface area contributed by atoms with Crippen LogP contribution in [0.15, 0.2) is 48.5 Å². The molecule has 0 atom stereocenters. The number of rotatable bonds is 2. The van der Waals surface area contributed by atoms with Gasteiger partial charge in [-0.05, 0) is 24.3 Å². The SMILES string of the molecule is C[NH+]1CCN(c2nc(-c3ccccc3F)nc3ccccc23)CC1. The smallest absolute Gasteiger partial charge is 0.165 e. The van der Waals surface area contributed by atoms with Gasteiger partial charge >= 0.3 is 0 Å². The maximum absolute atomic E-state index is 14.2. The van der Waals surface area contributed by atoms with Crippen LogP contribution in [0.2, 0.25) is 0 Å². The summed E-state index contributed by atoms with van der Waals surface area (Å²) in [6.07, 6.45) is 0. The predicted molar refractivity (Wildman–Crippen MR) is 93.8 cm³/mol. The van der Waals surface area contributed by atoms with Crippen LogP contribution in [0, 0.1) is 5.82 Å². The molecule has 4 nitrogen and oxygen atoms in total. The molecule has 0 unspecified atom stereocenters. The molecule has 3 aromatic rings. The highest BCUT2D eigenvalue weighted by Gasteiger charge is 2.21. The van der Waals surface area contributed by atoms with Gasteiger partial charge in [-0.2, -0.15) is 0 Å². The molecule has 1 aromatic heterocycles. The summed E-state index contributed by atoms with van der Waals surface area (Å²) in [5, 5.41) is 1.03. The average Bonchev–Trinajstić information content (AvgIpc) is 2.62. The summed E-state index contributed by atoms with van der Waals surface area (Å²) in [4.78, 5) is 13.2.